The maximum absolute atomic E-state index is 4.56. The van der Waals surface area contributed by atoms with Crippen molar-refractivity contribution in [3.05, 3.63) is 71.6 Å². The molecule has 1 aliphatic heterocycles. The molecule has 1 N–H and O–H groups in total. The molecule has 0 saturated carbocycles. The predicted molar refractivity (Wildman–Crippen MR) is 125 cm³/mol. The fourth-order valence-electron chi connectivity index (χ4n) is 3.89. The summed E-state index contributed by atoms with van der Waals surface area (Å²) in [5.41, 5.74) is 1.39. The summed E-state index contributed by atoms with van der Waals surface area (Å²) in [6.45, 7) is 5.66. The number of hydrogen-bond donors (Lipinski definition) is 1. The van der Waals surface area contributed by atoms with Crippen LogP contribution in [0.15, 0.2) is 65.2 Å². The van der Waals surface area contributed by atoms with E-state index in [1.807, 2.05) is 24.6 Å². The number of aliphatic imine (C=N–C) groups is 1. The zero-order chi connectivity index (χ0) is 20.6. The molecule has 6 nitrogen and oxygen atoms in total. The predicted octanol–water partition coefficient (Wildman–Crippen LogP) is 3.48. The van der Waals surface area contributed by atoms with Crippen molar-refractivity contribution in [1.29, 1.82) is 0 Å². The number of imidazole rings is 1. The van der Waals surface area contributed by atoms with E-state index in [1.165, 1.54) is 10.6 Å². The van der Waals surface area contributed by atoms with Gasteiger partial charge >= 0.3 is 0 Å². The molecule has 3 heterocycles. The van der Waals surface area contributed by atoms with Gasteiger partial charge in [-0.1, -0.05) is 30.3 Å². The van der Waals surface area contributed by atoms with Crippen molar-refractivity contribution in [2.24, 2.45) is 4.99 Å². The Morgan fingerprint density at radius 2 is 1.93 bits per heavy atom. The van der Waals surface area contributed by atoms with Crippen LogP contribution in [0.4, 0.5) is 5.00 Å². The van der Waals surface area contributed by atoms with Gasteiger partial charge in [0.25, 0.3) is 0 Å². The first kappa shape index (κ1) is 20.5. The molecule has 3 aromatic rings. The maximum Gasteiger partial charge on any atom is 0.194 e. The summed E-state index contributed by atoms with van der Waals surface area (Å²) in [5, 5.41) is 7.02. The molecular formula is C23H30N6S. The largest absolute Gasteiger partial charge is 0.360 e. The topological polar surface area (TPSA) is 48.7 Å². The minimum absolute atomic E-state index is 0.691. The Morgan fingerprint density at radius 3 is 2.67 bits per heavy atom. The quantitative estimate of drug-likeness (QED) is 0.468. The highest BCUT2D eigenvalue weighted by atomic mass is 32.1. The van der Waals surface area contributed by atoms with Crippen LogP contribution in [0.3, 0.4) is 0 Å². The van der Waals surface area contributed by atoms with Gasteiger partial charge in [-0.15, -0.1) is 11.3 Å². The van der Waals surface area contributed by atoms with Crippen LogP contribution >= 0.6 is 11.3 Å². The summed E-state index contributed by atoms with van der Waals surface area (Å²) in [6.07, 6.45) is 6.15. The van der Waals surface area contributed by atoms with Crippen LogP contribution in [0.5, 0.6) is 0 Å². The molecule has 0 atom stereocenters. The zero-order valence-corrected chi connectivity index (χ0v) is 18.4. The third kappa shape index (κ3) is 5.21. The van der Waals surface area contributed by atoms with Crippen molar-refractivity contribution in [2.45, 2.75) is 25.9 Å². The lowest BCUT2D eigenvalue weighted by atomic mass is 10.1. The molecule has 0 amide bonds. The van der Waals surface area contributed by atoms with Crippen molar-refractivity contribution in [1.82, 2.24) is 19.8 Å². The third-order valence-corrected chi connectivity index (χ3v) is 6.45. The van der Waals surface area contributed by atoms with Crippen LogP contribution in [0, 0.1) is 0 Å². The van der Waals surface area contributed by atoms with Crippen LogP contribution in [0.1, 0.15) is 17.8 Å². The Hall–Kier alpha value is -2.80. The summed E-state index contributed by atoms with van der Waals surface area (Å²) >= 11 is 1.81. The number of hydrogen-bond acceptors (Lipinski definition) is 4. The van der Waals surface area contributed by atoms with Crippen LogP contribution in [0.25, 0.3) is 0 Å². The van der Waals surface area contributed by atoms with Gasteiger partial charge in [-0.3, -0.25) is 4.99 Å². The molecule has 30 heavy (non-hydrogen) atoms. The van der Waals surface area contributed by atoms with E-state index in [0.717, 1.165) is 57.3 Å². The molecule has 1 aliphatic rings. The maximum atomic E-state index is 4.56. The fraction of sp³-hybridized carbons (Fsp3) is 0.391. The number of rotatable bonds is 7. The molecule has 158 valence electrons. The average molecular weight is 423 g/mol. The highest BCUT2D eigenvalue weighted by Crippen LogP contribution is 2.22. The van der Waals surface area contributed by atoms with Gasteiger partial charge in [0.1, 0.15) is 5.82 Å². The van der Waals surface area contributed by atoms with Gasteiger partial charge in [0, 0.05) is 52.2 Å². The third-order valence-electron chi connectivity index (χ3n) is 5.52. The van der Waals surface area contributed by atoms with Crippen molar-refractivity contribution in [3.8, 4) is 0 Å². The van der Waals surface area contributed by atoms with Gasteiger partial charge in [0.2, 0.25) is 0 Å². The highest BCUT2D eigenvalue weighted by Gasteiger charge is 2.20. The van der Waals surface area contributed by atoms with E-state index < -0.39 is 0 Å². The van der Waals surface area contributed by atoms with Gasteiger partial charge in [0.05, 0.1) is 11.5 Å². The molecule has 4 rings (SSSR count). The lowest BCUT2D eigenvalue weighted by molar-refractivity contribution is 0.372. The number of guanidine groups is 1. The summed E-state index contributed by atoms with van der Waals surface area (Å²) in [4.78, 5) is 13.9. The van der Waals surface area contributed by atoms with Crippen LogP contribution in [-0.4, -0.2) is 53.6 Å². The fourth-order valence-corrected chi connectivity index (χ4v) is 4.67. The molecule has 1 saturated heterocycles. The van der Waals surface area contributed by atoms with Gasteiger partial charge in [0.15, 0.2) is 5.96 Å². The lowest BCUT2D eigenvalue weighted by Gasteiger charge is -2.37. The standard InChI is InChI=1S/C23H30N6S/c1-24-23(29-16-14-28(15-17-29)22-10-6-18-30-22)26-19-21-25-11-13-27(21)12-5-9-20-7-3-2-4-8-20/h2-4,6-8,10-11,13,18H,5,9,12,14-17,19H2,1H3,(H,24,26). The Balaban J connectivity index is 1.25. The second kappa shape index (κ2) is 10.3. The Labute approximate surface area is 182 Å². The summed E-state index contributed by atoms with van der Waals surface area (Å²) < 4.78 is 2.25. The van der Waals surface area contributed by atoms with E-state index in [4.69, 9.17) is 0 Å². The molecule has 0 aliphatic carbocycles. The van der Waals surface area contributed by atoms with Crippen molar-refractivity contribution in [3.63, 3.8) is 0 Å². The molecule has 0 radical (unpaired) electrons. The second-order valence-corrected chi connectivity index (χ2v) is 8.38. The van der Waals surface area contributed by atoms with Gasteiger partial charge in [-0.2, -0.15) is 0 Å². The molecule has 1 aromatic carbocycles. The Kier molecular flexibility index (Phi) is 7.03. The van der Waals surface area contributed by atoms with E-state index in [2.05, 4.69) is 83.7 Å². The number of nitrogens with one attached hydrogen (secondary N) is 1. The molecule has 0 unspecified atom stereocenters. The number of benzene rings is 1. The minimum atomic E-state index is 0.691. The first-order valence-electron chi connectivity index (χ1n) is 10.6. The normalized spacial score (nSPS) is 14.9. The van der Waals surface area contributed by atoms with Crippen molar-refractivity contribution in [2.75, 3.05) is 38.1 Å². The Bertz CT molecular complexity index is 910. The summed E-state index contributed by atoms with van der Waals surface area (Å²) in [5.74, 6) is 2.01. The number of anilines is 1. The van der Waals surface area contributed by atoms with Crippen LogP contribution in [0.2, 0.25) is 0 Å². The smallest absolute Gasteiger partial charge is 0.194 e. The number of aryl methyl sites for hydroxylation is 2. The first-order valence-corrected chi connectivity index (χ1v) is 11.5. The SMILES string of the molecule is CN=C(NCc1nccn1CCCc1ccccc1)N1CCN(c2cccs2)CC1. The van der Waals surface area contributed by atoms with Crippen molar-refractivity contribution >= 4 is 22.3 Å². The highest BCUT2D eigenvalue weighted by molar-refractivity contribution is 7.14. The summed E-state index contributed by atoms with van der Waals surface area (Å²) in [6, 6.07) is 15.0. The monoisotopic (exact) mass is 422 g/mol. The Morgan fingerprint density at radius 1 is 1.10 bits per heavy atom. The molecule has 0 bridgehead atoms. The van der Waals surface area contributed by atoms with Crippen molar-refractivity contribution < 1.29 is 0 Å². The first-order chi connectivity index (χ1) is 14.8. The lowest BCUT2D eigenvalue weighted by Crippen LogP contribution is -2.52. The summed E-state index contributed by atoms with van der Waals surface area (Å²) in [7, 11) is 1.86. The van der Waals surface area contributed by atoms with E-state index in [0.29, 0.717) is 6.54 Å². The number of aromatic nitrogens is 2. The second-order valence-electron chi connectivity index (χ2n) is 7.45. The number of piperazine rings is 1. The van der Waals surface area contributed by atoms with Crippen LogP contribution < -0.4 is 10.2 Å². The molecule has 1 fully saturated rings. The van der Waals surface area contributed by atoms with E-state index in [1.54, 1.807) is 0 Å². The molecule has 7 heteroatoms. The minimum Gasteiger partial charge on any atom is -0.360 e. The molecular weight excluding hydrogens is 392 g/mol. The molecule has 2 aromatic heterocycles. The zero-order valence-electron chi connectivity index (χ0n) is 17.6. The average Bonchev–Trinajstić information content (AvgIpc) is 3.48. The van der Waals surface area contributed by atoms with Gasteiger partial charge in [-0.25, -0.2) is 4.98 Å². The number of thiophene rings is 1. The van der Waals surface area contributed by atoms with E-state index in [-0.39, 0.29) is 0 Å². The van der Waals surface area contributed by atoms with E-state index >= 15 is 0 Å². The van der Waals surface area contributed by atoms with E-state index in [9.17, 15) is 0 Å². The van der Waals surface area contributed by atoms with Gasteiger partial charge < -0.3 is 19.7 Å². The number of nitrogens with zero attached hydrogens (tertiary/aromatic N) is 5. The molecule has 0 spiro atoms. The van der Waals surface area contributed by atoms with Crippen LogP contribution in [-0.2, 0) is 19.5 Å². The van der Waals surface area contributed by atoms with Gasteiger partial charge in [-0.05, 0) is 35.9 Å².